The van der Waals surface area contributed by atoms with E-state index in [4.69, 9.17) is 5.73 Å². The molecule has 1 saturated carbocycles. The van der Waals surface area contributed by atoms with Gasteiger partial charge in [0, 0.05) is 19.0 Å². The van der Waals surface area contributed by atoms with Gasteiger partial charge in [-0.3, -0.25) is 4.79 Å². The topological polar surface area (TPSA) is 55.1 Å². The third kappa shape index (κ3) is 5.82. The molecule has 1 amide bonds. The van der Waals surface area contributed by atoms with Crippen LogP contribution in [-0.4, -0.2) is 18.5 Å². The molecule has 1 aliphatic carbocycles. The second-order valence-electron chi connectivity index (χ2n) is 7.23. The van der Waals surface area contributed by atoms with Crippen LogP contribution in [0.3, 0.4) is 0 Å². The standard InChI is InChI=1S/C19H30N2O.ClH/c1-19(2,16-11-7-4-8-12-16)13-18(22)21-17(14-20)15-9-5-3-6-10-15;/h4,7-8,11-12,15,17H,3,5-6,9-10,13-14,20H2,1-2H3,(H,21,22);1H. The van der Waals surface area contributed by atoms with Crippen LogP contribution in [0.1, 0.15) is 57.9 Å². The Labute approximate surface area is 146 Å². The molecule has 0 radical (unpaired) electrons. The summed E-state index contributed by atoms with van der Waals surface area (Å²) in [6.07, 6.45) is 6.76. The van der Waals surface area contributed by atoms with E-state index >= 15 is 0 Å². The number of benzene rings is 1. The van der Waals surface area contributed by atoms with Gasteiger partial charge in [-0.15, -0.1) is 12.4 Å². The zero-order valence-electron chi connectivity index (χ0n) is 14.4. The van der Waals surface area contributed by atoms with Crippen LogP contribution in [0, 0.1) is 5.92 Å². The summed E-state index contributed by atoms with van der Waals surface area (Å²) in [4.78, 5) is 12.5. The fourth-order valence-corrected chi connectivity index (χ4v) is 3.56. The Morgan fingerprint density at radius 1 is 1.22 bits per heavy atom. The van der Waals surface area contributed by atoms with Crippen molar-refractivity contribution in [1.29, 1.82) is 0 Å². The van der Waals surface area contributed by atoms with Gasteiger partial charge in [0.25, 0.3) is 0 Å². The Hall–Kier alpha value is -1.06. The highest BCUT2D eigenvalue weighted by atomic mass is 35.5. The van der Waals surface area contributed by atoms with Crippen LogP contribution in [0.2, 0.25) is 0 Å². The quantitative estimate of drug-likeness (QED) is 0.828. The number of rotatable bonds is 6. The third-order valence-electron chi connectivity index (χ3n) is 4.98. The summed E-state index contributed by atoms with van der Waals surface area (Å²) in [5, 5.41) is 3.20. The molecule has 4 heteroatoms. The Balaban J connectivity index is 0.00000264. The summed E-state index contributed by atoms with van der Waals surface area (Å²) >= 11 is 0. The molecule has 3 nitrogen and oxygen atoms in total. The summed E-state index contributed by atoms with van der Waals surface area (Å²) in [5.74, 6) is 0.678. The predicted molar refractivity (Wildman–Crippen MR) is 98.9 cm³/mol. The number of nitrogens with one attached hydrogen (secondary N) is 1. The van der Waals surface area contributed by atoms with Crippen LogP contribution < -0.4 is 11.1 Å². The molecule has 1 unspecified atom stereocenters. The first-order valence-corrected chi connectivity index (χ1v) is 8.58. The molecule has 1 aliphatic rings. The molecular weight excluding hydrogens is 308 g/mol. The predicted octanol–water partition coefficient (Wildman–Crippen LogP) is 3.80. The molecule has 1 atom stereocenters. The molecular formula is C19H31ClN2O. The molecule has 23 heavy (non-hydrogen) atoms. The fraction of sp³-hybridized carbons (Fsp3) is 0.632. The maximum absolute atomic E-state index is 12.5. The van der Waals surface area contributed by atoms with Crippen LogP contribution in [-0.2, 0) is 10.2 Å². The Bertz CT molecular complexity index is 470. The maximum Gasteiger partial charge on any atom is 0.221 e. The highest BCUT2D eigenvalue weighted by Gasteiger charge is 2.28. The lowest BCUT2D eigenvalue weighted by Crippen LogP contribution is -2.47. The number of carbonyl (C=O) groups excluding carboxylic acids is 1. The summed E-state index contributed by atoms with van der Waals surface area (Å²) < 4.78 is 0. The van der Waals surface area contributed by atoms with Crippen molar-refractivity contribution in [1.82, 2.24) is 5.32 Å². The number of amides is 1. The number of nitrogens with two attached hydrogens (primary N) is 1. The monoisotopic (exact) mass is 338 g/mol. The molecule has 0 bridgehead atoms. The zero-order chi connectivity index (χ0) is 16.0. The third-order valence-corrected chi connectivity index (χ3v) is 4.98. The zero-order valence-corrected chi connectivity index (χ0v) is 15.2. The van der Waals surface area contributed by atoms with Crippen LogP contribution in [0.15, 0.2) is 30.3 Å². The smallest absolute Gasteiger partial charge is 0.221 e. The van der Waals surface area contributed by atoms with E-state index in [0.29, 0.717) is 18.9 Å². The first kappa shape index (κ1) is 20.0. The van der Waals surface area contributed by atoms with Gasteiger partial charge in [-0.2, -0.15) is 0 Å². The van der Waals surface area contributed by atoms with Gasteiger partial charge < -0.3 is 11.1 Å². The van der Waals surface area contributed by atoms with Gasteiger partial charge in [-0.05, 0) is 29.7 Å². The normalized spacial score (nSPS) is 17.2. The SMILES string of the molecule is CC(C)(CC(=O)NC(CN)C1CCCCC1)c1ccccc1.Cl. The van der Waals surface area contributed by atoms with Gasteiger partial charge in [0.2, 0.25) is 5.91 Å². The number of carbonyl (C=O) groups is 1. The van der Waals surface area contributed by atoms with E-state index in [0.717, 1.165) is 0 Å². The van der Waals surface area contributed by atoms with Gasteiger partial charge in [0.05, 0.1) is 0 Å². The minimum atomic E-state index is -0.156. The Morgan fingerprint density at radius 2 is 1.83 bits per heavy atom. The van der Waals surface area contributed by atoms with Crippen LogP contribution in [0.25, 0.3) is 0 Å². The van der Waals surface area contributed by atoms with Gasteiger partial charge in [0.15, 0.2) is 0 Å². The lowest BCUT2D eigenvalue weighted by Gasteiger charge is -2.31. The van der Waals surface area contributed by atoms with E-state index in [1.54, 1.807) is 0 Å². The maximum atomic E-state index is 12.5. The lowest BCUT2D eigenvalue weighted by molar-refractivity contribution is -0.123. The van der Waals surface area contributed by atoms with E-state index < -0.39 is 0 Å². The van der Waals surface area contributed by atoms with E-state index in [9.17, 15) is 4.79 Å². The molecule has 2 rings (SSSR count). The van der Waals surface area contributed by atoms with E-state index in [2.05, 4.69) is 31.3 Å². The molecule has 0 spiro atoms. The molecule has 3 N–H and O–H groups in total. The molecule has 1 fully saturated rings. The van der Waals surface area contributed by atoms with Crippen molar-refractivity contribution >= 4 is 18.3 Å². The average molecular weight is 339 g/mol. The Morgan fingerprint density at radius 3 is 2.39 bits per heavy atom. The van der Waals surface area contributed by atoms with Crippen molar-refractivity contribution in [3.8, 4) is 0 Å². The minimum Gasteiger partial charge on any atom is -0.352 e. The largest absolute Gasteiger partial charge is 0.352 e. The minimum absolute atomic E-state index is 0. The van der Waals surface area contributed by atoms with Crippen molar-refractivity contribution in [2.75, 3.05) is 6.54 Å². The summed E-state index contributed by atoms with van der Waals surface area (Å²) in [5.41, 5.74) is 6.96. The van der Waals surface area contributed by atoms with Crippen molar-refractivity contribution in [2.45, 2.75) is 63.8 Å². The van der Waals surface area contributed by atoms with Gasteiger partial charge in [-0.25, -0.2) is 0 Å². The second-order valence-corrected chi connectivity index (χ2v) is 7.23. The summed E-state index contributed by atoms with van der Waals surface area (Å²) in [6.45, 7) is 4.79. The van der Waals surface area contributed by atoms with Crippen LogP contribution in [0.5, 0.6) is 0 Å². The van der Waals surface area contributed by atoms with E-state index in [-0.39, 0.29) is 29.8 Å². The van der Waals surface area contributed by atoms with Gasteiger partial charge >= 0.3 is 0 Å². The van der Waals surface area contributed by atoms with Crippen LogP contribution >= 0.6 is 12.4 Å². The van der Waals surface area contributed by atoms with Crippen molar-refractivity contribution in [2.24, 2.45) is 11.7 Å². The number of halogens is 1. The highest BCUT2D eigenvalue weighted by Crippen LogP contribution is 2.28. The first-order valence-electron chi connectivity index (χ1n) is 8.58. The van der Waals surface area contributed by atoms with E-state index in [1.165, 1.54) is 37.7 Å². The van der Waals surface area contributed by atoms with Gasteiger partial charge in [0.1, 0.15) is 0 Å². The number of hydrogen-bond donors (Lipinski definition) is 2. The Kier molecular flexibility index (Phi) is 8.07. The molecule has 0 heterocycles. The first-order chi connectivity index (χ1) is 10.5. The molecule has 0 aliphatic heterocycles. The average Bonchev–Trinajstić information content (AvgIpc) is 2.54. The second kappa shape index (κ2) is 9.29. The molecule has 130 valence electrons. The summed E-state index contributed by atoms with van der Waals surface area (Å²) in [6, 6.07) is 10.4. The summed E-state index contributed by atoms with van der Waals surface area (Å²) in [7, 11) is 0. The molecule has 1 aromatic rings. The number of hydrogen-bond acceptors (Lipinski definition) is 2. The highest BCUT2D eigenvalue weighted by molar-refractivity contribution is 5.85. The van der Waals surface area contributed by atoms with Crippen molar-refractivity contribution < 1.29 is 4.79 Å². The molecule has 0 saturated heterocycles. The lowest BCUT2D eigenvalue weighted by atomic mass is 9.80. The van der Waals surface area contributed by atoms with Crippen LogP contribution in [0.4, 0.5) is 0 Å². The van der Waals surface area contributed by atoms with Crippen molar-refractivity contribution in [3.63, 3.8) is 0 Å². The molecule has 0 aromatic heterocycles. The van der Waals surface area contributed by atoms with Gasteiger partial charge in [-0.1, -0.05) is 63.4 Å². The van der Waals surface area contributed by atoms with E-state index in [1.807, 2.05) is 18.2 Å². The molecule has 1 aromatic carbocycles. The fourth-order valence-electron chi connectivity index (χ4n) is 3.56. The van der Waals surface area contributed by atoms with Crippen molar-refractivity contribution in [3.05, 3.63) is 35.9 Å².